The van der Waals surface area contributed by atoms with Gasteiger partial charge in [0.25, 0.3) is 15.9 Å². The van der Waals surface area contributed by atoms with Crippen LogP contribution in [0.1, 0.15) is 21.5 Å². The fourth-order valence-corrected chi connectivity index (χ4v) is 5.97. The smallest absolute Gasteiger partial charge is 0.263 e. The third kappa shape index (κ3) is 10.8. The van der Waals surface area contributed by atoms with Crippen molar-refractivity contribution in [3.05, 3.63) is 112 Å². The number of azide groups is 1. The molecule has 17 heteroatoms. The van der Waals surface area contributed by atoms with Gasteiger partial charge < -0.3 is 34.7 Å². The molecular formula is C36H38N8O8S. The first-order valence-corrected chi connectivity index (χ1v) is 17.8. The minimum atomic E-state index is -4.18. The van der Waals surface area contributed by atoms with Gasteiger partial charge in [-0.2, -0.15) is 0 Å². The number of carbonyl (C=O) groups is 1. The van der Waals surface area contributed by atoms with E-state index < -0.39 is 10.0 Å². The van der Waals surface area contributed by atoms with Gasteiger partial charge in [-0.3, -0.25) is 9.52 Å². The van der Waals surface area contributed by atoms with Gasteiger partial charge in [0.2, 0.25) is 0 Å². The number of nitrogens with zero attached hydrogens (tertiary/aromatic N) is 5. The monoisotopic (exact) mass is 742 g/mol. The molecular weight excluding hydrogens is 705 g/mol. The first-order chi connectivity index (χ1) is 25.7. The summed E-state index contributed by atoms with van der Waals surface area (Å²) < 4.78 is 51.8. The molecule has 0 fully saturated rings. The van der Waals surface area contributed by atoms with E-state index in [1.807, 2.05) is 6.92 Å². The number of sulfonamides is 1. The first-order valence-electron chi connectivity index (χ1n) is 16.4. The van der Waals surface area contributed by atoms with Gasteiger partial charge in [-0.25, -0.2) is 18.4 Å². The fourth-order valence-electron chi connectivity index (χ4n) is 4.96. The number of carbonyl (C=O) groups excluding carboxylic acids is 1. The Hall–Kier alpha value is -5.97. The number of hydrogen-bond donors (Lipinski definition) is 4. The predicted octanol–water partition coefficient (Wildman–Crippen LogP) is 5.96. The molecule has 1 aromatic heterocycles. The third-order valence-corrected chi connectivity index (χ3v) is 8.93. The van der Waals surface area contributed by atoms with Crippen molar-refractivity contribution in [1.29, 1.82) is 0 Å². The third-order valence-electron chi connectivity index (χ3n) is 7.57. The van der Waals surface area contributed by atoms with E-state index in [9.17, 15) is 18.3 Å². The molecule has 276 valence electrons. The van der Waals surface area contributed by atoms with Gasteiger partial charge in [0.15, 0.2) is 11.6 Å². The largest absolute Gasteiger partial charge is 0.496 e. The molecule has 4 N–H and O–H groups in total. The zero-order valence-electron chi connectivity index (χ0n) is 29.0. The van der Waals surface area contributed by atoms with Crippen LogP contribution in [0.4, 0.5) is 23.0 Å². The summed E-state index contributed by atoms with van der Waals surface area (Å²) in [6, 6.07) is 22.8. The van der Waals surface area contributed by atoms with Gasteiger partial charge in [-0.15, -0.1) is 0 Å². The number of amides is 1. The lowest BCUT2D eigenvalue weighted by Crippen LogP contribution is -2.16. The molecule has 0 aliphatic heterocycles. The molecule has 16 nitrogen and oxygen atoms in total. The molecule has 0 unspecified atom stereocenters. The van der Waals surface area contributed by atoms with Gasteiger partial charge >= 0.3 is 0 Å². The summed E-state index contributed by atoms with van der Waals surface area (Å²) in [5, 5.41) is 19.2. The summed E-state index contributed by atoms with van der Waals surface area (Å²) in [4.78, 5) is 24.6. The van der Waals surface area contributed by atoms with Crippen molar-refractivity contribution in [3.63, 3.8) is 0 Å². The van der Waals surface area contributed by atoms with Gasteiger partial charge in [-0.05, 0) is 84.2 Å². The van der Waals surface area contributed by atoms with Crippen LogP contribution in [-0.4, -0.2) is 76.1 Å². The molecule has 1 heterocycles. The summed E-state index contributed by atoms with van der Waals surface area (Å²) in [5.74, 6) is 0.661. The minimum absolute atomic E-state index is 0.0682. The van der Waals surface area contributed by atoms with Gasteiger partial charge in [0, 0.05) is 34.5 Å². The second-order valence-corrected chi connectivity index (χ2v) is 13.0. The van der Waals surface area contributed by atoms with Crippen LogP contribution in [0.5, 0.6) is 11.5 Å². The number of aliphatic hydroxyl groups excluding tert-OH is 1. The molecule has 0 saturated carbocycles. The summed E-state index contributed by atoms with van der Waals surface area (Å²) in [7, 11) is -2.66. The highest BCUT2D eigenvalue weighted by molar-refractivity contribution is 7.92. The number of benzene rings is 4. The van der Waals surface area contributed by atoms with E-state index in [2.05, 4.69) is 35.3 Å². The van der Waals surface area contributed by atoms with E-state index in [-0.39, 0.29) is 48.8 Å². The SMILES string of the molecule is COc1cc(C(=O)Nc2ccc(S(=O)(=O)Nc3nc4ccccc4nc3Nc3cc(CO)cc(OCCOCCOCCN=[N+]=[N-])c3)cc2)ccc1C. The molecule has 0 atom stereocenters. The van der Waals surface area contributed by atoms with Crippen molar-refractivity contribution in [2.24, 2.45) is 5.11 Å². The molecule has 5 rings (SSSR count). The number of aliphatic hydroxyl groups is 1. The maximum Gasteiger partial charge on any atom is 0.263 e. The lowest BCUT2D eigenvalue weighted by atomic mass is 10.1. The number of aromatic nitrogens is 2. The molecule has 0 radical (unpaired) electrons. The van der Waals surface area contributed by atoms with Gasteiger partial charge in [0.1, 0.15) is 18.1 Å². The topological polar surface area (TPSA) is 219 Å². The Morgan fingerprint density at radius 3 is 2.26 bits per heavy atom. The normalized spacial score (nSPS) is 11.1. The lowest BCUT2D eigenvalue weighted by Gasteiger charge is -2.16. The van der Waals surface area contributed by atoms with Crippen LogP contribution in [0.2, 0.25) is 0 Å². The number of fused-ring (bicyclic) bond motifs is 1. The molecule has 0 aliphatic rings. The average molecular weight is 743 g/mol. The Morgan fingerprint density at radius 1 is 0.868 bits per heavy atom. The molecule has 53 heavy (non-hydrogen) atoms. The zero-order valence-corrected chi connectivity index (χ0v) is 29.8. The van der Waals surface area contributed by atoms with Crippen molar-refractivity contribution >= 4 is 50.0 Å². The molecule has 0 aliphatic carbocycles. The summed E-state index contributed by atoms with van der Waals surface area (Å²) in [5.41, 5.74) is 11.9. The predicted molar refractivity (Wildman–Crippen MR) is 199 cm³/mol. The Kier molecular flexibility index (Phi) is 13.4. The van der Waals surface area contributed by atoms with Gasteiger partial charge in [-0.1, -0.05) is 23.3 Å². The van der Waals surface area contributed by atoms with Crippen molar-refractivity contribution < 1.29 is 37.3 Å². The van der Waals surface area contributed by atoms with Crippen LogP contribution in [0, 0.1) is 6.92 Å². The number of anilines is 4. The van der Waals surface area contributed by atoms with Crippen LogP contribution in [0.25, 0.3) is 21.5 Å². The van der Waals surface area contributed by atoms with Crippen molar-refractivity contribution in [3.8, 4) is 11.5 Å². The second kappa shape index (κ2) is 18.5. The number of hydrogen-bond acceptors (Lipinski definition) is 12. The highest BCUT2D eigenvalue weighted by Crippen LogP contribution is 2.30. The highest BCUT2D eigenvalue weighted by Gasteiger charge is 2.20. The number of ether oxygens (including phenoxy) is 4. The molecule has 0 spiro atoms. The summed E-state index contributed by atoms with van der Waals surface area (Å²) >= 11 is 0. The Bertz CT molecular complexity index is 2200. The van der Waals surface area contributed by atoms with Crippen LogP contribution < -0.4 is 24.8 Å². The number of para-hydroxylation sites is 2. The van der Waals surface area contributed by atoms with Crippen LogP contribution >= 0.6 is 0 Å². The number of rotatable bonds is 19. The minimum Gasteiger partial charge on any atom is -0.496 e. The fraction of sp³-hybridized carbons (Fsp3) is 0.250. The first kappa shape index (κ1) is 38.3. The number of aryl methyl sites for hydroxylation is 1. The van der Waals surface area contributed by atoms with Crippen LogP contribution in [0.3, 0.4) is 0 Å². The van der Waals surface area contributed by atoms with Crippen molar-refractivity contribution in [2.45, 2.75) is 18.4 Å². The van der Waals surface area contributed by atoms with Gasteiger partial charge in [0.05, 0.1) is 56.1 Å². The Labute approximate surface area is 305 Å². The van der Waals surface area contributed by atoms with E-state index in [0.29, 0.717) is 64.9 Å². The van der Waals surface area contributed by atoms with Crippen molar-refractivity contribution in [2.75, 3.05) is 62.0 Å². The molecule has 5 aromatic rings. The quantitative estimate of drug-likeness (QED) is 0.0335. The Balaban J connectivity index is 1.28. The average Bonchev–Trinajstić information content (AvgIpc) is 3.16. The second-order valence-electron chi connectivity index (χ2n) is 11.4. The zero-order chi connectivity index (χ0) is 37.6. The summed E-state index contributed by atoms with van der Waals surface area (Å²) in [6.45, 7) is 3.27. The maximum atomic E-state index is 13.6. The standard InChI is InChI=1S/C36H38N8O8S/c1-24-7-8-26(21-33(24)49-2)36(46)40-27-9-11-30(12-10-27)53(47,48)43-35-34(41-31-5-3-4-6-32(31)42-35)39-28-19-25(23-45)20-29(22-28)52-18-17-51-16-15-50-14-13-38-44-37/h3-12,19-22,45H,13-18,23H2,1-2H3,(H,39,41)(H,40,46)(H,42,43). The van der Waals surface area contributed by atoms with E-state index in [1.165, 1.54) is 31.4 Å². The molecule has 1 amide bonds. The highest BCUT2D eigenvalue weighted by atomic mass is 32.2. The molecule has 4 aromatic carbocycles. The van der Waals surface area contributed by atoms with E-state index in [4.69, 9.17) is 24.5 Å². The molecule has 0 bridgehead atoms. The van der Waals surface area contributed by atoms with Crippen molar-refractivity contribution in [1.82, 2.24) is 9.97 Å². The number of methoxy groups -OCH3 is 1. The number of nitrogens with one attached hydrogen (secondary N) is 3. The van der Waals surface area contributed by atoms with E-state index >= 15 is 0 Å². The van der Waals surface area contributed by atoms with E-state index in [1.54, 1.807) is 60.7 Å². The summed E-state index contributed by atoms with van der Waals surface area (Å²) in [6.07, 6.45) is 0. The molecule has 0 saturated heterocycles. The maximum absolute atomic E-state index is 13.6. The lowest BCUT2D eigenvalue weighted by molar-refractivity contribution is 0.0388. The van der Waals surface area contributed by atoms with E-state index in [0.717, 1.165) is 5.56 Å². The van der Waals surface area contributed by atoms with Crippen LogP contribution in [-0.2, 0) is 26.1 Å². The Morgan fingerprint density at radius 2 is 1.57 bits per heavy atom. The van der Waals surface area contributed by atoms with Crippen LogP contribution in [0.15, 0.2) is 94.9 Å².